The van der Waals surface area contributed by atoms with Crippen LogP contribution in [0.4, 0.5) is 0 Å². The summed E-state index contributed by atoms with van der Waals surface area (Å²) in [6, 6.07) is 7.05. The molecular formula is C16H19NO3S. The van der Waals surface area contributed by atoms with Crippen LogP contribution in [0.25, 0.3) is 0 Å². The maximum absolute atomic E-state index is 12.2. The molecule has 0 saturated carbocycles. The largest absolute Gasteiger partial charge is 0.380 e. The molecule has 2 aliphatic rings. The average molecular weight is 305 g/mol. The van der Waals surface area contributed by atoms with Crippen molar-refractivity contribution < 1.29 is 14.3 Å². The molecule has 1 atom stereocenters. The molecule has 21 heavy (non-hydrogen) atoms. The fourth-order valence-electron chi connectivity index (χ4n) is 2.76. The van der Waals surface area contributed by atoms with Crippen molar-refractivity contribution in [3.8, 4) is 0 Å². The Bertz CT molecular complexity index is 505. The van der Waals surface area contributed by atoms with Crippen molar-refractivity contribution in [3.05, 3.63) is 35.4 Å². The van der Waals surface area contributed by atoms with Gasteiger partial charge in [-0.15, -0.1) is 0 Å². The maximum Gasteiger partial charge on any atom is 0.261 e. The number of nitrogens with zero attached hydrogens (tertiary/aromatic N) is 1. The fraction of sp³-hybridized carbons (Fsp3) is 0.500. The molecule has 0 N–H and O–H groups in total. The van der Waals surface area contributed by atoms with E-state index in [2.05, 4.69) is 0 Å². The monoisotopic (exact) mass is 305 g/mol. The minimum atomic E-state index is -0.151. The number of amides is 2. The number of ether oxygens (including phenoxy) is 1. The molecule has 0 unspecified atom stereocenters. The van der Waals surface area contributed by atoms with E-state index in [0.717, 1.165) is 31.8 Å². The third kappa shape index (κ3) is 3.14. The first-order valence-electron chi connectivity index (χ1n) is 7.42. The SMILES string of the molecule is O=C1c2ccccc2C(=O)N1CCCS[C@@H]1CCCOC1. The number of carbonyl (C=O) groups excluding carboxylic acids is 2. The summed E-state index contributed by atoms with van der Waals surface area (Å²) in [6.07, 6.45) is 3.18. The van der Waals surface area contributed by atoms with Gasteiger partial charge in [0.25, 0.3) is 11.8 Å². The van der Waals surface area contributed by atoms with Gasteiger partial charge < -0.3 is 4.74 Å². The lowest BCUT2D eigenvalue weighted by Crippen LogP contribution is -2.31. The predicted octanol–water partition coefficient (Wildman–Crippen LogP) is 2.58. The topological polar surface area (TPSA) is 46.6 Å². The summed E-state index contributed by atoms with van der Waals surface area (Å²) >= 11 is 1.89. The van der Waals surface area contributed by atoms with Gasteiger partial charge in [0.05, 0.1) is 17.7 Å². The summed E-state index contributed by atoms with van der Waals surface area (Å²) in [7, 11) is 0. The van der Waals surface area contributed by atoms with Gasteiger partial charge in [-0.05, 0) is 37.1 Å². The molecule has 5 heteroatoms. The van der Waals surface area contributed by atoms with Crippen molar-refractivity contribution in [1.82, 2.24) is 4.90 Å². The smallest absolute Gasteiger partial charge is 0.261 e. The number of fused-ring (bicyclic) bond motifs is 1. The van der Waals surface area contributed by atoms with E-state index >= 15 is 0 Å². The number of imide groups is 1. The second-order valence-electron chi connectivity index (χ2n) is 5.37. The lowest BCUT2D eigenvalue weighted by molar-refractivity contribution is 0.0654. The minimum Gasteiger partial charge on any atom is -0.380 e. The van der Waals surface area contributed by atoms with E-state index in [0.29, 0.717) is 22.9 Å². The molecule has 4 nitrogen and oxygen atoms in total. The van der Waals surface area contributed by atoms with Gasteiger partial charge in [0.1, 0.15) is 0 Å². The van der Waals surface area contributed by atoms with Crippen LogP contribution in [0.15, 0.2) is 24.3 Å². The molecule has 1 saturated heterocycles. The van der Waals surface area contributed by atoms with E-state index in [1.54, 1.807) is 24.3 Å². The highest BCUT2D eigenvalue weighted by Gasteiger charge is 2.34. The number of thioether (sulfide) groups is 1. The standard InChI is InChI=1S/C16H19NO3S/c18-15-13-6-1-2-7-14(13)16(19)17(15)8-4-10-21-12-5-3-9-20-11-12/h1-2,6-7,12H,3-5,8-11H2/t12-/m1/s1. The second-order valence-corrected chi connectivity index (χ2v) is 6.78. The van der Waals surface area contributed by atoms with E-state index in [1.807, 2.05) is 11.8 Å². The van der Waals surface area contributed by atoms with Crippen LogP contribution in [0, 0.1) is 0 Å². The highest BCUT2D eigenvalue weighted by atomic mass is 32.2. The third-order valence-corrected chi connectivity index (χ3v) is 5.24. The van der Waals surface area contributed by atoms with Gasteiger partial charge in [-0.2, -0.15) is 11.8 Å². The molecule has 3 rings (SSSR count). The molecule has 0 spiro atoms. The Morgan fingerprint density at radius 2 is 1.90 bits per heavy atom. The first-order chi connectivity index (χ1) is 10.3. The van der Waals surface area contributed by atoms with Crippen molar-refractivity contribution in [2.24, 2.45) is 0 Å². The Balaban J connectivity index is 1.48. The molecular weight excluding hydrogens is 286 g/mol. The predicted molar refractivity (Wildman–Crippen MR) is 82.7 cm³/mol. The summed E-state index contributed by atoms with van der Waals surface area (Å²) in [5, 5.41) is 0.570. The number of hydrogen-bond donors (Lipinski definition) is 0. The molecule has 2 heterocycles. The van der Waals surface area contributed by atoms with E-state index in [1.165, 1.54) is 11.3 Å². The third-order valence-electron chi connectivity index (χ3n) is 3.88. The van der Waals surface area contributed by atoms with Crippen molar-refractivity contribution in [1.29, 1.82) is 0 Å². The van der Waals surface area contributed by atoms with Crippen molar-refractivity contribution in [2.75, 3.05) is 25.5 Å². The normalized spacial score (nSPS) is 21.7. The number of rotatable bonds is 5. The Morgan fingerprint density at radius 1 is 1.19 bits per heavy atom. The van der Waals surface area contributed by atoms with Crippen LogP contribution in [0.1, 0.15) is 40.0 Å². The summed E-state index contributed by atoms with van der Waals surface area (Å²) < 4.78 is 5.45. The lowest BCUT2D eigenvalue weighted by Gasteiger charge is -2.21. The van der Waals surface area contributed by atoms with E-state index in [9.17, 15) is 9.59 Å². The Labute approximate surface area is 128 Å². The first kappa shape index (κ1) is 14.6. The highest BCUT2D eigenvalue weighted by Crippen LogP contribution is 2.24. The van der Waals surface area contributed by atoms with Crippen LogP contribution in [0.2, 0.25) is 0 Å². The highest BCUT2D eigenvalue weighted by molar-refractivity contribution is 7.99. The average Bonchev–Trinajstić information content (AvgIpc) is 2.77. The molecule has 1 aromatic carbocycles. The molecule has 1 aromatic rings. The molecule has 0 aliphatic carbocycles. The summed E-state index contributed by atoms with van der Waals surface area (Å²) in [6.45, 7) is 2.22. The molecule has 1 fully saturated rings. The maximum atomic E-state index is 12.2. The number of carbonyl (C=O) groups is 2. The van der Waals surface area contributed by atoms with Crippen molar-refractivity contribution in [2.45, 2.75) is 24.5 Å². The van der Waals surface area contributed by atoms with E-state index in [4.69, 9.17) is 4.74 Å². The first-order valence-corrected chi connectivity index (χ1v) is 8.47. The van der Waals surface area contributed by atoms with E-state index < -0.39 is 0 Å². The van der Waals surface area contributed by atoms with Crippen LogP contribution in [-0.4, -0.2) is 47.5 Å². The number of benzene rings is 1. The molecule has 0 aromatic heterocycles. The van der Waals surface area contributed by atoms with Crippen molar-refractivity contribution >= 4 is 23.6 Å². The second kappa shape index (κ2) is 6.62. The van der Waals surface area contributed by atoms with Gasteiger partial charge in [-0.25, -0.2) is 0 Å². The minimum absolute atomic E-state index is 0.151. The van der Waals surface area contributed by atoms with Gasteiger partial charge in [-0.3, -0.25) is 14.5 Å². The van der Waals surface area contributed by atoms with Crippen LogP contribution in [0.3, 0.4) is 0 Å². The number of hydrogen-bond acceptors (Lipinski definition) is 4. The van der Waals surface area contributed by atoms with Crippen LogP contribution in [-0.2, 0) is 4.74 Å². The van der Waals surface area contributed by atoms with Crippen LogP contribution >= 0.6 is 11.8 Å². The van der Waals surface area contributed by atoms with Crippen LogP contribution < -0.4 is 0 Å². The summed E-state index contributed by atoms with van der Waals surface area (Å²) in [5.41, 5.74) is 1.08. The lowest BCUT2D eigenvalue weighted by atomic mass is 10.1. The molecule has 0 bridgehead atoms. The summed E-state index contributed by atoms with van der Waals surface area (Å²) in [4.78, 5) is 25.7. The zero-order chi connectivity index (χ0) is 14.7. The van der Waals surface area contributed by atoms with Gasteiger partial charge in [0.15, 0.2) is 0 Å². The van der Waals surface area contributed by atoms with Gasteiger partial charge in [0, 0.05) is 18.4 Å². The zero-order valence-corrected chi connectivity index (χ0v) is 12.7. The van der Waals surface area contributed by atoms with E-state index in [-0.39, 0.29) is 11.8 Å². The molecule has 0 radical (unpaired) electrons. The van der Waals surface area contributed by atoms with Crippen LogP contribution in [0.5, 0.6) is 0 Å². The Morgan fingerprint density at radius 3 is 2.52 bits per heavy atom. The Kier molecular flexibility index (Phi) is 4.60. The van der Waals surface area contributed by atoms with Gasteiger partial charge in [-0.1, -0.05) is 12.1 Å². The van der Waals surface area contributed by atoms with Gasteiger partial charge in [0.2, 0.25) is 0 Å². The molecule has 2 aliphatic heterocycles. The molecule has 112 valence electrons. The van der Waals surface area contributed by atoms with Gasteiger partial charge >= 0.3 is 0 Å². The molecule has 2 amide bonds. The quantitative estimate of drug-likeness (QED) is 0.619. The summed E-state index contributed by atoms with van der Waals surface area (Å²) in [5.74, 6) is 0.657. The fourth-order valence-corrected chi connectivity index (χ4v) is 3.91. The Hall–Kier alpha value is -1.33. The van der Waals surface area contributed by atoms with Crippen molar-refractivity contribution in [3.63, 3.8) is 0 Å². The zero-order valence-electron chi connectivity index (χ0n) is 11.9.